The Hall–Kier alpha value is -0.570. The van der Waals surface area contributed by atoms with Gasteiger partial charge in [-0.2, -0.15) is 0 Å². The molecule has 0 aromatic rings. The van der Waals surface area contributed by atoms with Gasteiger partial charge >= 0.3 is 0 Å². The number of nitrogens with one attached hydrogen (secondary N) is 1. The minimum atomic E-state index is -0.675. The molecule has 0 aliphatic heterocycles. The van der Waals surface area contributed by atoms with Gasteiger partial charge in [0, 0.05) is 6.04 Å². The molecular weight excluding hydrogens is 224 g/mol. The Kier molecular flexibility index (Phi) is 4.00. The van der Waals surface area contributed by atoms with Crippen LogP contribution in [0.1, 0.15) is 59.3 Å². The molecule has 4 unspecified atom stereocenters. The summed E-state index contributed by atoms with van der Waals surface area (Å²) in [7, 11) is 0. The molecule has 4 atom stereocenters. The van der Waals surface area contributed by atoms with Crippen LogP contribution in [0.15, 0.2) is 0 Å². The van der Waals surface area contributed by atoms with Crippen molar-refractivity contribution < 1.29 is 4.79 Å². The van der Waals surface area contributed by atoms with Crippen molar-refractivity contribution in [3.8, 4) is 0 Å². The van der Waals surface area contributed by atoms with Gasteiger partial charge in [0.05, 0.1) is 5.54 Å². The number of nitrogens with two attached hydrogens (primary N) is 1. The summed E-state index contributed by atoms with van der Waals surface area (Å²) in [4.78, 5) is 12.3. The Balaban J connectivity index is 1.91. The fourth-order valence-corrected chi connectivity index (χ4v) is 3.93. The van der Waals surface area contributed by atoms with Crippen LogP contribution in [-0.4, -0.2) is 17.5 Å². The number of hydrogen-bond acceptors (Lipinski definition) is 2. The van der Waals surface area contributed by atoms with Crippen LogP contribution in [0.25, 0.3) is 0 Å². The normalized spacial score (nSPS) is 32.6. The van der Waals surface area contributed by atoms with Crippen molar-refractivity contribution in [1.29, 1.82) is 0 Å². The van der Waals surface area contributed by atoms with Crippen LogP contribution in [0.3, 0.4) is 0 Å². The van der Waals surface area contributed by atoms with Crippen LogP contribution in [0.4, 0.5) is 0 Å². The molecule has 104 valence electrons. The fraction of sp³-hybridized carbons (Fsp3) is 0.933. The molecule has 2 fully saturated rings. The van der Waals surface area contributed by atoms with Crippen molar-refractivity contribution in [1.82, 2.24) is 5.32 Å². The highest BCUT2D eigenvalue weighted by Crippen LogP contribution is 2.49. The van der Waals surface area contributed by atoms with E-state index in [0.717, 1.165) is 11.8 Å². The van der Waals surface area contributed by atoms with Crippen LogP contribution in [0, 0.1) is 17.8 Å². The van der Waals surface area contributed by atoms with Gasteiger partial charge in [-0.15, -0.1) is 0 Å². The quantitative estimate of drug-likeness (QED) is 0.789. The molecule has 3 nitrogen and oxygen atoms in total. The predicted octanol–water partition coefficient (Wildman–Crippen LogP) is 2.44. The first-order valence-corrected chi connectivity index (χ1v) is 7.60. The van der Waals surface area contributed by atoms with E-state index in [9.17, 15) is 4.79 Å². The first kappa shape index (κ1) is 13.9. The molecule has 3 N–H and O–H groups in total. The lowest BCUT2D eigenvalue weighted by atomic mass is 9.83. The Morgan fingerprint density at radius 1 is 1.33 bits per heavy atom. The molecule has 0 aromatic heterocycles. The largest absolute Gasteiger partial charge is 0.352 e. The summed E-state index contributed by atoms with van der Waals surface area (Å²) in [6.07, 6.45) is 6.89. The van der Waals surface area contributed by atoms with E-state index in [0.29, 0.717) is 18.8 Å². The summed E-state index contributed by atoms with van der Waals surface area (Å²) in [5.74, 6) is 2.51. The molecule has 0 radical (unpaired) electrons. The SMILES string of the molecule is CCC(N)(CC)C(=O)NC(C)C1CC2CCC1C2. The van der Waals surface area contributed by atoms with Gasteiger partial charge in [0.25, 0.3) is 0 Å². The number of fused-ring (bicyclic) bond motifs is 2. The molecule has 0 aromatic carbocycles. The standard InChI is InChI=1S/C15H28N2O/c1-4-15(16,5-2)14(18)17-10(3)13-9-11-6-7-12(13)8-11/h10-13H,4-9,16H2,1-3H3,(H,17,18). The van der Waals surface area contributed by atoms with Gasteiger partial charge in [-0.3, -0.25) is 4.79 Å². The second-order valence-corrected chi connectivity index (χ2v) is 6.46. The highest BCUT2D eigenvalue weighted by molar-refractivity contribution is 5.86. The van der Waals surface area contributed by atoms with Crippen molar-refractivity contribution in [3.63, 3.8) is 0 Å². The number of carbonyl (C=O) groups is 1. The van der Waals surface area contributed by atoms with Crippen molar-refractivity contribution in [2.75, 3.05) is 0 Å². The Morgan fingerprint density at radius 2 is 2.00 bits per heavy atom. The number of carbonyl (C=O) groups excluding carboxylic acids is 1. The van der Waals surface area contributed by atoms with E-state index in [1.807, 2.05) is 13.8 Å². The average Bonchev–Trinajstić information content (AvgIpc) is 2.99. The maximum Gasteiger partial charge on any atom is 0.240 e. The third kappa shape index (κ3) is 2.42. The fourth-order valence-electron chi connectivity index (χ4n) is 3.93. The summed E-state index contributed by atoms with van der Waals surface area (Å²) in [5, 5.41) is 3.19. The molecule has 2 aliphatic rings. The molecule has 1 amide bonds. The molecular formula is C15H28N2O. The lowest BCUT2D eigenvalue weighted by Crippen LogP contribution is -2.56. The van der Waals surface area contributed by atoms with E-state index >= 15 is 0 Å². The molecule has 2 rings (SSSR count). The van der Waals surface area contributed by atoms with Gasteiger partial charge in [-0.1, -0.05) is 20.3 Å². The molecule has 0 heterocycles. The van der Waals surface area contributed by atoms with E-state index in [1.165, 1.54) is 25.7 Å². The topological polar surface area (TPSA) is 55.1 Å². The molecule has 18 heavy (non-hydrogen) atoms. The number of rotatable bonds is 5. The van der Waals surface area contributed by atoms with Crippen molar-refractivity contribution in [2.45, 2.75) is 70.9 Å². The van der Waals surface area contributed by atoms with E-state index in [-0.39, 0.29) is 11.9 Å². The van der Waals surface area contributed by atoms with Crippen molar-refractivity contribution >= 4 is 5.91 Å². The number of hydrogen-bond donors (Lipinski definition) is 2. The predicted molar refractivity (Wildman–Crippen MR) is 74.0 cm³/mol. The zero-order valence-electron chi connectivity index (χ0n) is 12.0. The van der Waals surface area contributed by atoms with E-state index in [2.05, 4.69) is 12.2 Å². The first-order chi connectivity index (χ1) is 8.50. The van der Waals surface area contributed by atoms with Gasteiger partial charge < -0.3 is 11.1 Å². The monoisotopic (exact) mass is 252 g/mol. The Labute approximate surface area is 111 Å². The van der Waals surface area contributed by atoms with Gasteiger partial charge in [0.15, 0.2) is 0 Å². The maximum atomic E-state index is 12.3. The van der Waals surface area contributed by atoms with Crippen LogP contribution >= 0.6 is 0 Å². The summed E-state index contributed by atoms with van der Waals surface area (Å²) in [5.41, 5.74) is 5.48. The lowest BCUT2D eigenvalue weighted by molar-refractivity contribution is -0.127. The van der Waals surface area contributed by atoms with Crippen LogP contribution < -0.4 is 11.1 Å². The van der Waals surface area contributed by atoms with Crippen LogP contribution in [-0.2, 0) is 4.79 Å². The first-order valence-electron chi connectivity index (χ1n) is 7.60. The zero-order valence-corrected chi connectivity index (χ0v) is 12.0. The highest BCUT2D eigenvalue weighted by Gasteiger charge is 2.43. The highest BCUT2D eigenvalue weighted by atomic mass is 16.2. The van der Waals surface area contributed by atoms with Gasteiger partial charge in [-0.05, 0) is 56.8 Å². The summed E-state index contributed by atoms with van der Waals surface area (Å²) in [6.45, 7) is 6.14. The lowest BCUT2D eigenvalue weighted by Gasteiger charge is -2.32. The molecule has 0 saturated heterocycles. The van der Waals surface area contributed by atoms with Gasteiger partial charge in [0.2, 0.25) is 5.91 Å². The van der Waals surface area contributed by atoms with E-state index < -0.39 is 5.54 Å². The second-order valence-electron chi connectivity index (χ2n) is 6.46. The average molecular weight is 252 g/mol. The Morgan fingerprint density at radius 3 is 2.44 bits per heavy atom. The molecule has 2 aliphatic carbocycles. The molecule has 0 spiro atoms. The molecule has 2 bridgehead atoms. The Bertz CT molecular complexity index is 312. The smallest absolute Gasteiger partial charge is 0.240 e. The summed E-state index contributed by atoms with van der Waals surface area (Å²) < 4.78 is 0. The second kappa shape index (κ2) is 5.20. The van der Waals surface area contributed by atoms with Crippen LogP contribution in [0.5, 0.6) is 0 Å². The zero-order chi connectivity index (χ0) is 13.3. The molecule has 3 heteroatoms. The third-order valence-electron chi connectivity index (χ3n) is 5.51. The summed E-state index contributed by atoms with van der Waals surface area (Å²) in [6, 6.07) is 0.286. The van der Waals surface area contributed by atoms with Crippen molar-refractivity contribution in [2.24, 2.45) is 23.5 Å². The van der Waals surface area contributed by atoms with E-state index in [4.69, 9.17) is 5.73 Å². The van der Waals surface area contributed by atoms with Gasteiger partial charge in [0.1, 0.15) is 0 Å². The van der Waals surface area contributed by atoms with E-state index in [1.54, 1.807) is 0 Å². The van der Waals surface area contributed by atoms with Crippen LogP contribution in [0.2, 0.25) is 0 Å². The molecule has 2 saturated carbocycles. The minimum absolute atomic E-state index is 0.0442. The maximum absolute atomic E-state index is 12.3. The number of amides is 1. The van der Waals surface area contributed by atoms with Crippen molar-refractivity contribution in [3.05, 3.63) is 0 Å². The van der Waals surface area contributed by atoms with Gasteiger partial charge in [-0.25, -0.2) is 0 Å². The minimum Gasteiger partial charge on any atom is -0.352 e. The summed E-state index contributed by atoms with van der Waals surface area (Å²) >= 11 is 0. The third-order valence-corrected chi connectivity index (χ3v) is 5.51.